The van der Waals surface area contributed by atoms with Crippen molar-refractivity contribution >= 4 is 10.0 Å². The van der Waals surface area contributed by atoms with Gasteiger partial charge in [-0.15, -0.1) is 0 Å². The number of aryl methyl sites for hydroxylation is 1. The number of imidazole rings is 1. The number of hydrogen-bond donors (Lipinski definition) is 2. The number of H-pyrrole nitrogens is 1. The van der Waals surface area contributed by atoms with Crippen molar-refractivity contribution in [3.05, 3.63) is 12.0 Å². The quantitative estimate of drug-likeness (QED) is 0.738. The molecule has 0 radical (unpaired) electrons. The third kappa shape index (κ3) is 3.77. The first-order chi connectivity index (χ1) is 9.06. The molecule has 2 N–H and O–H groups in total. The van der Waals surface area contributed by atoms with Crippen LogP contribution >= 0.6 is 0 Å². The molecule has 0 aromatic carbocycles. The van der Waals surface area contributed by atoms with Gasteiger partial charge in [-0.2, -0.15) is 0 Å². The van der Waals surface area contributed by atoms with E-state index in [1.165, 1.54) is 19.0 Å². The number of nitrogens with one attached hydrogen (secondary N) is 2. The molecule has 108 valence electrons. The summed E-state index contributed by atoms with van der Waals surface area (Å²) in [6.07, 6.45) is 4.54. The fourth-order valence-electron chi connectivity index (χ4n) is 2.10. The summed E-state index contributed by atoms with van der Waals surface area (Å²) in [7, 11) is -3.45. The maximum absolute atomic E-state index is 12.0. The summed E-state index contributed by atoms with van der Waals surface area (Å²) in [5, 5.41) is 0.152. The molecular weight excluding hydrogens is 264 g/mol. The van der Waals surface area contributed by atoms with Gasteiger partial charge in [0.1, 0.15) is 5.82 Å². The summed E-state index contributed by atoms with van der Waals surface area (Å²) in [5.41, 5.74) is 0. The van der Waals surface area contributed by atoms with Crippen molar-refractivity contribution < 1.29 is 8.42 Å². The number of rotatable bonds is 8. The maximum Gasteiger partial charge on any atom is 0.257 e. The summed E-state index contributed by atoms with van der Waals surface area (Å²) in [5.74, 6) is 0.688. The largest absolute Gasteiger partial charge is 0.332 e. The van der Waals surface area contributed by atoms with Gasteiger partial charge >= 0.3 is 0 Å². The van der Waals surface area contributed by atoms with E-state index in [0.717, 1.165) is 13.1 Å². The van der Waals surface area contributed by atoms with Gasteiger partial charge in [-0.1, -0.05) is 13.8 Å². The second kappa shape index (κ2) is 6.02. The van der Waals surface area contributed by atoms with Crippen LogP contribution in [0.4, 0.5) is 0 Å². The molecule has 1 aliphatic rings. The lowest BCUT2D eigenvalue weighted by molar-refractivity contribution is 0.282. The number of aromatic nitrogens is 2. The van der Waals surface area contributed by atoms with E-state index in [0.29, 0.717) is 24.8 Å². The average Bonchev–Trinajstić information content (AvgIpc) is 3.10. The van der Waals surface area contributed by atoms with Crippen LogP contribution in [0.15, 0.2) is 11.2 Å². The highest BCUT2D eigenvalue weighted by Crippen LogP contribution is 2.25. The Hall–Kier alpha value is -0.920. The van der Waals surface area contributed by atoms with E-state index >= 15 is 0 Å². The standard InChI is InChI=1S/C12H22N4O2S/c1-3-11-13-9-12(15-11)19(17,18)14-7-8-16(4-2)10-5-6-10/h9-10,14H,3-8H2,1-2H3,(H,13,15). The zero-order chi connectivity index (χ0) is 13.9. The molecule has 0 aliphatic heterocycles. The summed E-state index contributed by atoms with van der Waals surface area (Å²) >= 11 is 0. The van der Waals surface area contributed by atoms with E-state index in [1.807, 2.05) is 6.92 Å². The molecule has 1 saturated carbocycles. The van der Waals surface area contributed by atoms with E-state index in [1.54, 1.807) is 0 Å². The smallest absolute Gasteiger partial charge is 0.257 e. The molecule has 0 amide bonds. The van der Waals surface area contributed by atoms with Crippen LogP contribution in [0.3, 0.4) is 0 Å². The van der Waals surface area contributed by atoms with Crippen LogP contribution in [0.1, 0.15) is 32.5 Å². The number of sulfonamides is 1. The van der Waals surface area contributed by atoms with Crippen molar-refractivity contribution in [2.24, 2.45) is 0 Å². The van der Waals surface area contributed by atoms with Crippen molar-refractivity contribution in [2.45, 2.75) is 44.2 Å². The van der Waals surface area contributed by atoms with E-state index in [9.17, 15) is 8.42 Å². The zero-order valence-electron chi connectivity index (χ0n) is 11.5. The van der Waals surface area contributed by atoms with Crippen molar-refractivity contribution in [3.8, 4) is 0 Å². The molecular formula is C12H22N4O2S. The minimum Gasteiger partial charge on any atom is -0.332 e. The number of aromatic amines is 1. The van der Waals surface area contributed by atoms with Gasteiger partial charge in [0.05, 0.1) is 6.20 Å². The topological polar surface area (TPSA) is 78.1 Å². The predicted octanol–water partition coefficient (Wildman–Crippen LogP) is 0.735. The van der Waals surface area contributed by atoms with Crippen LogP contribution in [-0.4, -0.2) is 49.0 Å². The van der Waals surface area contributed by atoms with Gasteiger partial charge in [-0.05, 0) is 19.4 Å². The summed E-state index contributed by atoms with van der Waals surface area (Å²) in [4.78, 5) is 9.14. The first kappa shape index (κ1) is 14.5. The average molecular weight is 286 g/mol. The van der Waals surface area contributed by atoms with Gasteiger partial charge in [0.15, 0.2) is 5.03 Å². The molecule has 0 bridgehead atoms. The highest BCUT2D eigenvalue weighted by molar-refractivity contribution is 7.89. The van der Waals surface area contributed by atoms with Gasteiger partial charge < -0.3 is 4.98 Å². The molecule has 6 nitrogen and oxygen atoms in total. The van der Waals surface area contributed by atoms with E-state index in [2.05, 4.69) is 26.5 Å². The molecule has 1 heterocycles. The molecule has 1 aromatic heterocycles. The molecule has 1 aliphatic carbocycles. The minimum absolute atomic E-state index is 0.152. The molecule has 0 unspecified atom stereocenters. The van der Waals surface area contributed by atoms with Gasteiger partial charge in [0.2, 0.25) is 0 Å². The third-order valence-corrected chi connectivity index (χ3v) is 4.76. The van der Waals surface area contributed by atoms with E-state index in [4.69, 9.17) is 0 Å². The molecule has 0 spiro atoms. The fraction of sp³-hybridized carbons (Fsp3) is 0.750. The lowest BCUT2D eigenvalue weighted by atomic mass is 10.4. The molecule has 0 saturated heterocycles. The Morgan fingerprint density at radius 3 is 2.74 bits per heavy atom. The Balaban J connectivity index is 1.86. The van der Waals surface area contributed by atoms with Crippen molar-refractivity contribution in [1.82, 2.24) is 19.6 Å². The van der Waals surface area contributed by atoms with Crippen molar-refractivity contribution in [2.75, 3.05) is 19.6 Å². The lowest BCUT2D eigenvalue weighted by Gasteiger charge is -2.19. The number of nitrogens with zero attached hydrogens (tertiary/aromatic N) is 2. The first-order valence-electron chi connectivity index (χ1n) is 6.84. The lowest BCUT2D eigenvalue weighted by Crippen LogP contribution is -2.36. The summed E-state index contributed by atoms with van der Waals surface area (Å²) < 4.78 is 26.7. The van der Waals surface area contributed by atoms with Crippen molar-refractivity contribution in [3.63, 3.8) is 0 Å². The maximum atomic E-state index is 12.0. The molecule has 1 fully saturated rings. The number of likely N-dealkylation sites (N-methyl/N-ethyl adjacent to an activating group) is 1. The highest BCUT2D eigenvalue weighted by Gasteiger charge is 2.27. The molecule has 1 aromatic rings. The minimum atomic E-state index is -3.45. The zero-order valence-corrected chi connectivity index (χ0v) is 12.3. The van der Waals surface area contributed by atoms with Crippen LogP contribution in [0.25, 0.3) is 0 Å². The fourth-order valence-corrected chi connectivity index (χ4v) is 3.06. The van der Waals surface area contributed by atoms with Crippen LogP contribution in [0.5, 0.6) is 0 Å². The Bertz CT molecular complexity index is 508. The Labute approximate surface area is 114 Å². The van der Waals surface area contributed by atoms with Crippen LogP contribution in [0.2, 0.25) is 0 Å². The number of hydrogen-bond acceptors (Lipinski definition) is 4. The van der Waals surface area contributed by atoms with E-state index in [-0.39, 0.29) is 5.03 Å². The molecule has 7 heteroatoms. The monoisotopic (exact) mass is 286 g/mol. The third-order valence-electron chi connectivity index (χ3n) is 3.39. The van der Waals surface area contributed by atoms with Gasteiger partial charge in [0, 0.05) is 25.6 Å². The van der Waals surface area contributed by atoms with E-state index < -0.39 is 10.0 Å². The van der Waals surface area contributed by atoms with Gasteiger partial charge in [-0.3, -0.25) is 4.90 Å². The Kier molecular flexibility index (Phi) is 4.59. The molecule has 0 atom stereocenters. The second-order valence-corrected chi connectivity index (χ2v) is 6.54. The Morgan fingerprint density at radius 1 is 1.47 bits per heavy atom. The second-order valence-electron chi connectivity index (χ2n) is 4.81. The van der Waals surface area contributed by atoms with Crippen LogP contribution in [-0.2, 0) is 16.4 Å². The molecule has 19 heavy (non-hydrogen) atoms. The first-order valence-corrected chi connectivity index (χ1v) is 8.32. The van der Waals surface area contributed by atoms with Gasteiger partial charge in [-0.25, -0.2) is 18.1 Å². The molecule has 2 rings (SSSR count). The van der Waals surface area contributed by atoms with Crippen molar-refractivity contribution in [1.29, 1.82) is 0 Å². The van der Waals surface area contributed by atoms with Crippen LogP contribution < -0.4 is 4.72 Å². The predicted molar refractivity (Wildman–Crippen MR) is 73.4 cm³/mol. The normalized spacial score (nSPS) is 16.2. The van der Waals surface area contributed by atoms with Gasteiger partial charge in [0.25, 0.3) is 10.0 Å². The Morgan fingerprint density at radius 2 is 2.21 bits per heavy atom. The van der Waals surface area contributed by atoms with Crippen LogP contribution in [0, 0.1) is 0 Å². The SMILES string of the molecule is CCc1ncc(S(=O)(=O)NCCN(CC)C2CC2)[nH]1. The summed E-state index contributed by atoms with van der Waals surface area (Å²) in [6, 6.07) is 0.661. The summed E-state index contributed by atoms with van der Waals surface area (Å²) in [6.45, 7) is 6.20. The highest BCUT2D eigenvalue weighted by atomic mass is 32.2.